The second-order valence-electron chi connectivity index (χ2n) is 4.31. The zero-order valence-corrected chi connectivity index (χ0v) is 9.22. The Morgan fingerprint density at radius 2 is 2.43 bits per heavy atom. The molecule has 1 aliphatic rings. The highest BCUT2D eigenvalue weighted by Gasteiger charge is 2.29. The Balaban J connectivity index is 2.32. The summed E-state index contributed by atoms with van der Waals surface area (Å²) in [6.45, 7) is 6.22. The van der Waals surface area contributed by atoms with Crippen LogP contribution in [-0.4, -0.2) is 37.7 Å². The summed E-state index contributed by atoms with van der Waals surface area (Å²) < 4.78 is 4.62. The summed E-state index contributed by atoms with van der Waals surface area (Å²) in [6.07, 6.45) is 1.55. The van der Waals surface area contributed by atoms with Gasteiger partial charge >= 0.3 is 5.97 Å². The van der Waals surface area contributed by atoms with Crippen molar-refractivity contribution in [3.8, 4) is 0 Å². The minimum absolute atomic E-state index is 0.132. The molecule has 0 aromatic heterocycles. The fourth-order valence-electron chi connectivity index (χ4n) is 1.92. The Bertz CT molecular complexity index is 200. The van der Waals surface area contributed by atoms with Gasteiger partial charge in [0, 0.05) is 18.1 Å². The average Bonchev–Trinajstić information content (AvgIpc) is 2.51. The van der Waals surface area contributed by atoms with E-state index in [1.54, 1.807) is 0 Å². The summed E-state index contributed by atoms with van der Waals surface area (Å²) in [7, 11) is 1.42. The maximum atomic E-state index is 11.0. The van der Waals surface area contributed by atoms with E-state index in [2.05, 4.69) is 22.3 Å². The normalized spacial score (nSPS) is 28.8. The molecule has 82 valence electrons. The van der Waals surface area contributed by atoms with Crippen LogP contribution in [0.4, 0.5) is 0 Å². The highest BCUT2D eigenvalue weighted by Crippen LogP contribution is 2.14. The van der Waals surface area contributed by atoms with Gasteiger partial charge in [0.2, 0.25) is 0 Å². The van der Waals surface area contributed by atoms with Crippen LogP contribution in [0.3, 0.4) is 0 Å². The predicted molar refractivity (Wildman–Crippen MR) is 55.1 cm³/mol. The van der Waals surface area contributed by atoms with Gasteiger partial charge in [-0.1, -0.05) is 0 Å². The standard InChI is InChI=1S/C10H20N2O2/c1-8(6-9(13)14-3)12-10(2)4-5-11-7-10/h8,11-12H,4-7H2,1-3H3. The van der Waals surface area contributed by atoms with E-state index in [1.807, 2.05) is 6.92 Å². The lowest BCUT2D eigenvalue weighted by Crippen LogP contribution is -2.49. The van der Waals surface area contributed by atoms with Crippen molar-refractivity contribution in [2.24, 2.45) is 0 Å². The monoisotopic (exact) mass is 200 g/mol. The number of methoxy groups -OCH3 is 1. The van der Waals surface area contributed by atoms with Gasteiger partial charge in [0.05, 0.1) is 13.5 Å². The number of hydrogen-bond acceptors (Lipinski definition) is 4. The van der Waals surface area contributed by atoms with Crippen molar-refractivity contribution in [1.82, 2.24) is 10.6 Å². The van der Waals surface area contributed by atoms with Gasteiger partial charge in [0.1, 0.15) is 0 Å². The molecule has 1 rings (SSSR count). The molecule has 4 nitrogen and oxygen atoms in total. The first-order chi connectivity index (χ1) is 6.56. The van der Waals surface area contributed by atoms with Crippen molar-refractivity contribution in [2.45, 2.75) is 38.3 Å². The van der Waals surface area contributed by atoms with E-state index in [1.165, 1.54) is 7.11 Å². The molecule has 2 atom stereocenters. The van der Waals surface area contributed by atoms with Gasteiger partial charge in [0.15, 0.2) is 0 Å². The van der Waals surface area contributed by atoms with Gasteiger partial charge in [-0.05, 0) is 26.8 Å². The number of rotatable bonds is 4. The van der Waals surface area contributed by atoms with Gasteiger partial charge in [-0.15, -0.1) is 0 Å². The molecule has 0 aromatic carbocycles. The quantitative estimate of drug-likeness (QED) is 0.640. The molecule has 1 heterocycles. The van der Waals surface area contributed by atoms with E-state index in [0.29, 0.717) is 6.42 Å². The van der Waals surface area contributed by atoms with E-state index >= 15 is 0 Å². The minimum Gasteiger partial charge on any atom is -0.469 e. The fourth-order valence-corrected chi connectivity index (χ4v) is 1.92. The molecule has 2 N–H and O–H groups in total. The van der Waals surface area contributed by atoms with Crippen molar-refractivity contribution in [1.29, 1.82) is 0 Å². The number of carbonyl (C=O) groups is 1. The minimum atomic E-state index is -0.153. The SMILES string of the molecule is COC(=O)CC(C)NC1(C)CCNC1. The van der Waals surface area contributed by atoms with Crippen molar-refractivity contribution < 1.29 is 9.53 Å². The molecule has 0 amide bonds. The molecule has 1 saturated heterocycles. The number of hydrogen-bond donors (Lipinski definition) is 2. The summed E-state index contributed by atoms with van der Waals surface area (Å²) in [5, 5.41) is 6.76. The Kier molecular flexibility index (Phi) is 3.89. The Labute approximate surface area is 85.4 Å². The molecule has 0 aliphatic carbocycles. The molecular weight excluding hydrogens is 180 g/mol. The zero-order chi connectivity index (χ0) is 10.6. The third kappa shape index (κ3) is 3.27. The highest BCUT2D eigenvalue weighted by molar-refractivity contribution is 5.69. The molecule has 0 saturated carbocycles. The summed E-state index contributed by atoms with van der Waals surface area (Å²) in [6, 6.07) is 0.173. The lowest BCUT2D eigenvalue weighted by molar-refractivity contribution is -0.141. The first-order valence-corrected chi connectivity index (χ1v) is 5.11. The van der Waals surface area contributed by atoms with E-state index in [9.17, 15) is 4.79 Å². The summed E-state index contributed by atoms with van der Waals surface area (Å²) in [4.78, 5) is 11.0. The van der Waals surface area contributed by atoms with Crippen LogP contribution in [0.5, 0.6) is 0 Å². The third-order valence-electron chi connectivity index (χ3n) is 2.66. The molecule has 14 heavy (non-hydrogen) atoms. The van der Waals surface area contributed by atoms with Crippen molar-refractivity contribution in [3.05, 3.63) is 0 Å². The molecular formula is C10H20N2O2. The number of esters is 1. The van der Waals surface area contributed by atoms with Crippen LogP contribution in [0.2, 0.25) is 0 Å². The average molecular weight is 200 g/mol. The van der Waals surface area contributed by atoms with Gasteiger partial charge in [-0.25, -0.2) is 0 Å². The van der Waals surface area contributed by atoms with Crippen LogP contribution in [-0.2, 0) is 9.53 Å². The summed E-state index contributed by atoms with van der Waals surface area (Å²) >= 11 is 0. The third-order valence-corrected chi connectivity index (χ3v) is 2.66. The number of ether oxygens (including phenoxy) is 1. The molecule has 1 fully saturated rings. The van der Waals surface area contributed by atoms with Crippen LogP contribution in [0.15, 0.2) is 0 Å². The Morgan fingerprint density at radius 3 is 2.93 bits per heavy atom. The summed E-state index contributed by atoms with van der Waals surface area (Å²) in [5.74, 6) is -0.153. The second kappa shape index (κ2) is 4.75. The van der Waals surface area contributed by atoms with Crippen LogP contribution >= 0.6 is 0 Å². The molecule has 1 aliphatic heterocycles. The van der Waals surface area contributed by atoms with E-state index in [0.717, 1.165) is 19.5 Å². The molecule has 0 bridgehead atoms. The Morgan fingerprint density at radius 1 is 1.71 bits per heavy atom. The van der Waals surface area contributed by atoms with Gasteiger partial charge in [0.25, 0.3) is 0 Å². The Hall–Kier alpha value is -0.610. The van der Waals surface area contributed by atoms with E-state index in [4.69, 9.17) is 0 Å². The smallest absolute Gasteiger partial charge is 0.307 e. The van der Waals surface area contributed by atoms with E-state index < -0.39 is 0 Å². The van der Waals surface area contributed by atoms with Crippen LogP contribution in [0, 0.1) is 0 Å². The second-order valence-corrected chi connectivity index (χ2v) is 4.31. The summed E-state index contributed by atoms with van der Waals surface area (Å²) in [5.41, 5.74) is 0.132. The van der Waals surface area contributed by atoms with Gasteiger partial charge in [-0.2, -0.15) is 0 Å². The topological polar surface area (TPSA) is 50.4 Å². The van der Waals surface area contributed by atoms with Crippen LogP contribution < -0.4 is 10.6 Å². The molecule has 0 spiro atoms. The van der Waals surface area contributed by atoms with E-state index in [-0.39, 0.29) is 17.6 Å². The largest absolute Gasteiger partial charge is 0.469 e. The number of carbonyl (C=O) groups excluding carboxylic acids is 1. The van der Waals surface area contributed by atoms with Crippen molar-refractivity contribution in [3.63, 3.8) is 0 Å². The van der Waals surface area contributed by atoms with Crippen molar-refractivity contribution >= 4 is 5.97 Å². The molecule has 0 radical (unpaired) electrons. The predicted octanol–water partition coefficient (Wildman–Crippen LogP) is 0.280. The fraction of sp³-hybridized carbons (Fsp3) is 0.900. The maximum absolute atomic E-state index is 11.0. The lowest BCUT2D eigenvalue weighted by atomic mass is 10.00. The van der Waals surface area contributed by atoms with Crippen molar-refractivity contribution in [2.75, 3.05) is 20.2 Å². The van der Waals surface area contributed by atoms with Crippen LogP contribution in [0.25, 0.3) is 0 Å². The van der Waals surface area contributed by atoms with Gasteiger partial charge < -0.3 is 15.4 Å². The highest BCUT2D eigenvalue weighted by atomic mass is 16.5. The lowest BCUT2D eigenvalue weighted by Gasteiger charge is -2.28. The number of nitrogens with one attached hydrogen (secondary N) is 2. The van der Waals surface area contributed by atoms with Crippen LogP contribution in [0.1, 0.15) is 26.7 Å². The maximum Gasteiger partial charge on any atom is 0.307 e. The van der Waals surface area contributed by atoms with Gasteiger partial charge in [-0.3, -0.25) is 4.79 Å². The molecule has 2 unspecified atom stereocenters. The zero-order valence-electron chi connectivity index (χ0n) is 9.22. The first-order valence-electron chi connectivity index (χ1n) is 5.11. The molecule has 4 heteroatoms. The first kappa shape index (κ1) is 11.5. The molecule has 0 aromatic rings.